The minimum atomic E-state index is 0. The van der Waals surface area contributed by atoms with Gasteiger partial charge in [-0.05, 0) is 12.2 Å². The maximum atomic E-state index is 5.28. The van der Waals surface area contributed by atoms with Crippen molar-refractivity contribution in [2.24, 2.45) is 0 Å². The van der Waals surface area contributed by atoms with Crippen LogP contribution in [-0.4, -0.2) is 17.5 Å². The van der Waals surface area contributed by atoms with Crippen LogP contribution < -0.4 is 0 Å². The van der Waals surface area contributed by atoms with Crippen LogP contribution in [-0.2, 0) is 0 Å². The van der Waals surface area contributed by atoms with Crippen molar-refractivity contribution < 1.29 is 0 Å². The minimum absolute atomic E-state index is 0. The van der Waals surface area contributed by atoms with Gasteiger partial charge in [0.25, 0.3) is 0 Å². The first-order chi connectivity index (χ1) is 5.38. The molecule has 1 nitrogen and oxygen atoms in total. The van der Waals surface area contributed by atoms with Crippen molar-refractivity contribution in [2.75, 3.05) is 6.54 Å². The summed E-state index contributed by atoms with van der Waals surface area (Å²) in [6.45, 7) is 0.565. The molecule has 0 aliphatic carbocycles. The van der Waals surface area contributed by atoms with Crippen LogP contribution in [0.4, 0.5) is 0 Å². The topological polar surface area (TPSA) is 3.24 Å². The SMILES string of the molecule is Br.C#CCN1C=CC=CC1C#C. The molecule has 1 aliphatic rings. The van der Waals surface area contributed by atoms with Crippen LogP contribution in [0, 0.1) is 24.7 Å². The summed E-state index contributed by atoms with van der Waals surface area (Å²) in [4.78, 5) is 1.93. The molecule has 0 amide bonds. The van der Waals surface area contributed by atoms with Gasteiger partial charge in [-0.1, -0.05) is 17.9 Å². The van der Waals surface area contributed by atoms with Gasteiger partial charge in [-0.15, -0.1) is 29.8 Å². The second kappa shape index (κ2) is 5.52. The van der Waals surface area contributed by atoms with Crippen LogP contribution in [0.5, 0.6) is 0 Å². The van der Waals surface area contributed by atoms with Crippen molar-refractivity contribution in [1.82, 2.24) is 4.90 Å². The van der Waals surface area contributed by atoms with E-state index in [0.717, 1.165) is 0 Å². The van der Waals surface area contributed by atoms with Gasteiger partial charge in [-0.2, -0.15) is 0 Å². The average molecular weight is 224 g/mol. The first-order valence-electron chi connectivity index (χ1n) is 3.39. The molecule has 0 saturated heterocycles. The van der Waals surface area contributed by atoms with E-state index in [1.54, 1.807) is 0 Å². The standard InChI is InChI=1S/C10H9N.BrH/c1-3-8-11-9-6-5-7-10(11)4-2;/h1-2,5-7,9-10H,8H2;1H. The monoisotopic (exact) mass is 223 g/mol. The van der Waals surface area contributed by atoms with E-state index in [9.17, 15) is 0 Å². The molecule has 12 heavy (non-hydrogen) atoms. The summed E-state index contributed by atoms with van der Waals surface area (Å²) in [6.07, 6.45) is 18.1. The number of hydrogen-bond donors (Lipinski definition) is 0. The number of halogens is 1. The maximum Gasteiger partial charge on any atom is 0.109 e. The van der Waals surface area contributed by atoms with E-state index >= 15 is 0 Å². The summed E-state index contributed by atoms with van der Waals surface area (Å²) in [5.41, 5.74) is 0. The summed E-state index contributed by atoms with van der Waals surface area (Å²) >= 11 is 0. The van der Waals surface area contributed by atoms with E-state index < -0.39 is 0 Å². The first-order valence-corrected chi connectivity index (χ1v) is 3.39. The van der Waals surface area contributed by atoms with Gasteiger partial charge in [-0.3, -0.25) is 0 Å². The fraction of sp³-hybridized carbons (Fsp3) is 0.200. The predicted molar refractivity (Wildman–Crippen MR) is 56.8 cm³/mol. The zero-order chi connectivity index (χ0) is 8.10. The molecule has 0 bridgehead atoms. The Hall–Kier alpha value is -1.12. The predicted octanol–water partition coefficient (Wildman–Crippen LogP) is 1.58. The fourth-order valence-corrected chi connectivity index (χ4v) is 0.941. The number of terminal acetylenes is 2. The average Bonchev–Trinajstić information content (AvgIpc) is 2.06. The Balaban J connectivity index is 0.00000121. The molecule has 0 aromatic carbocycles. The van der Waals surface area contributed by atoms with Gasteiger partial charge in [0.2, 0.25) is 0 Å². The lowest BCUT2D eigenvalue weighted by Gasteiger charge is -2.23. The highest BCUT2D eigenvalue weighted by molar-refractivity contribution is 8.93. The van der Waals surface area contributed by atoms with Gasteiger partial charge in [0.15, 0.2) is 0 Å². The Morgan fingerprint density at radius 3 is 2.67 bits per heavy atom. The molecule has 62 valence electrons. The molecule has 0 aromatic rings. The summed E-state index contributed by atoms with van der Waals surface area (Å²) in [7, 11) is 0. The fourth-order valence-electron chi connectivity index (χ4n) is 0.941. The summed E-state index contributed by atoms with van der Waals surface area (Å²) in [5.74, 6) is 5.18. The van der Waals surface area contributed by atoms with Crippen molar-refractivity contribution in [3.05, 3.63) is 24.4 Å². The molecule has 0 radical (unpaired) electrons. The lowest BCUT2D eigenvalue weighted by molar-refractivity contribution is 0.409. The smallest absolute Gasteiger partial charge is 0.109 e. The van der Waals surface area contributed by atoms with Crippen LogP contribution in [0.25, 0.3) is 0 Å². The first kappa shape index (κ1) is 10.9. The summed E-state index contributed by atoms with van der Waals surface area (Å²) in [6, 6.07) is 0.0241. The van der Waals surface area contributed by atoms with Crippen LogP contribution in [0.2, 0.25) is 0 Å². The quantitative estimate of drug-likeness (QED) is 0.611. The Morgan fingerprint density at radius 2 is 2.08 bits per heavy atom. The molecule has 0 aromatic heterocycles. The van der Waals surface area contributed by atoms with E-state index in [1.165, 1.54) is 0 Å². The third-order valence-corrected chi connectivity index (χ3v) is 1.48. The Labute approximate surface area is 83.9 Å². The number of allylic oxidation sites excluding steroid dienone is 2. The van der Waals surface area contributed by atoms with Crippen molar-refractivity contribution in [3.8, 4) is 24.7 Å². The minimum Gasteiger partial charge on any atom is -0.349 e. The van der Waals surface area contributed by atoms with E-state index in [0.29, 0.717) is 6.54 Å². The summed E-state index contributed by atoms with van der Waals surface area (Å²) < 4.78 is 0. The number of rotatable bonds is 1. The van der Waals surface area contributed by atoms with Crippen molar-refractivity contribution >= 4 is 17.0 Å². The molecular weight excluding hydrogens is 214 g/mol. The van der Waals surface area contributed by atoms with Gasteiger partial charge >= 0.3 is 0 Å². The molecule has 1 rings (SSSR count). The second-order valence-corrected chi connectivity index (χ2v) is 2.21. The van der Waals surface area contributed by atoms with Gasteiger partial charge in [-0.25, -0.2) is 0 Å². The van der Waals surface area contributed by atoms with Crippen molar-refractivity contribution in [1.29, 1.82) is 0 Å². The second-order valence-electron chi connectivity index (χ2n) is 2.21. The highest BCUT2D eigenvalue weighted by Gasteiger charge is 2.08. The third-order valence-electron chi connectivity index (χ3n) is 1.48. The molecule has 0 saturated carbocycles. The van der Waals surface area contributed by atoms with E-state index in [2.05, 4.69) is 11.8 Å². The number of hydrogen-bond acceptors (Lipinski definition) is 1. The Kier molecular flexibility index (Phi) is 5.00. The zero-order valence-corrected chi connectivity index (χ0v) is 8.32. The molecule has 1 aliphatic heterocycles. The van der Waals surface area contributed by atoms with Gasteiger partial charge in [0.1, 0.15) is 6.04 Å². The van der Waals surface area contributed by atoms with Gasteiger partial charge < -0.3 is 4.90 Å². The van der Waals surface area contributed by atoms with Crippen molar-refractivity contribution in [3.63, 3.8) is 0 Å². The lowest BCUT2D eigenvalue weighted by Crippen LogP contribution is -2.29. The maximum absolute atomic E-state index is 5.28. The lowest BCUT2D eigenvalue weighted by atomic mass is 10.2. The van der Waals surface area contributed by atoms with E-state index in [4.69, 9.17) is 12.8 Å². The largest absolute Gasteiger partial charge is 0.349 e. The van der Waals surface area contributed by atoms with Crippen LogP contribution in [0.15, 0.2) is 24.4 Å². The summed E-state index contributed by atoms with van der Waals surface area (Å²) in [5, 5.41) is 0. The van der Waals surface area contributed by atoms with Crippen molar-refractivity contribution in [2.45, 2.75) is 6.04 Å². The van der Waals surface area contributed by atoms with Crippen LogP contribution in [0.3, 0.4) is 0 Å². The normalized spacial score (nSPS) is 19.2. The van der Waals surface area contributed by atoms with Gasteiger partial charge in [0.05, 0.1) is 6.54 Å². The zero-order valence-electron chi connectivity index (χ0n) is 6.60. The number of nitrogens with zero attached hydrogens (tertiary/aromatic N) is 1. The molecule has 1 heterocycles. The van der Waals surface area contributed by atoms with E-state index in [-0.39, 0.29) is 23.0 Å². The molecule has 0 fully saturated rings. The Bertz CT molecular complexity index is 265. The van der Waals surface area contributed by atoms with Gasteiger partial charge in [0, 0.05) is 6.20 Å². The Morgan fingerprint density at radius 1 is 1.33 bits per heavy atom. The van der Waals surface area contributed by atoms with Crippen LogP contribution in [0.1, 0.15) is 0 Å². The molecule has 0 N–H and O–H groups in total. The van der Waals surface area contributed by atoms with E-state index in [1.807, 2.05) is 29.3 Å². The molecule has 0 spiro atoms. The molecular formula is C10H10BrN. The highest BCUT2D eigenvalue weighted by atomic mass is 79.9. The highest BCUT2D eigenvalue weighted by Crippen LogP contribution is 2.05. The molecule has 2 heteroatoms. The van der Waals surface area contributed by atoms with Crippen LogP contribution >= 0.6 is 17.0 Å². The molecule has 1 unspecified atom stereocenters. The molecule has 1 atom stereocenters. The third kappa shape index (κ3) is 2.49.